The van der Waals surface area contributed by atoms with Gasteiger partial charge in [0, 0.05) is 18.0 Å². The fourth-order valence-electron chi connectivity index (χ4n) is 2.83. The van der Waals surface area contributed by atoms with Crippen LogP contribution in [0.5, 0.6) is 0 Å². The number of sulfone groups is 1. The van der Waals surface area contributed by atoms with Gasteiger partial charge in [0.2, 0.25) is 0 Å². The van der Waals surface area contributed by atoms with E-state index in [9.17, 15) is 13.2 Å². The first kappa shape index (κ1) is 17.6. The van der Waals surface area contributed by atoms with Gasteiger partial charge in [0.05, 0.1) is 16.4 Å². The van der Waals surface area contributed by atoms with Gasteiger partial charge < -0.3 is 4.90 Å². The van der Waals surface area contributed by atoms with Crippen molar-refractivity contribution in [2.45, 2.75) is 32.2 Å². The van der Waals surface area contributed by atoms with E-state index in [2.05, 4.69) is 11.9 Å². The largest absolute Gasteiger partial charge is 0.333 e. The van der Waals surface area contributed by atoms with Gasteiger partial charge in [-0.05, 0) is 24.3 Å². The van der Waals surface area contributed by atoms with Crippen molar-refractivity contribution in [3.8, 4) is 9.88 Å². The van der Waals surface area contributed by atoms with Crippen molar-refractivity contribution in [1.29, 1.82) is 0 Å². The lowest BCUT2D eigenvalue weighted by atomic mass is 10.2. The van der Waals surface area contributed by atoms with Gasteiger partial charge in [0.15, 0.2) is 9.84 Å². The molecule has 2 aromatic rings. The number of hydrogen-bond acceptors (Lipinski definition) is 6. The molecule has 0 saturated carbocycles. The SMILES string of the molecule is CCCCN(C(=O)c1csc(-c2cccs2)n1)C1CCS(=O)(=O)C1. The van der Waals surface area contributed by atoms with E-state index >= 15 is 0 Å². The van der Waals surface area contributed by atoms with Crippen LogP contribution in [-0.4, -0.2) is 48.3 Å². The summed E-state index contributed by atoms with van der Waals surface area (Å²) in [6, 6.07) is 3.72. The molecule has 8 heteroatoms. The predicted molar refractivity (Wildman–Crippen MR) is 98.4 cm³/mol. The Hall–Kier alpha value is -1.25. The van der Waals surface area contributed by atoms with Gasteiger partial charge in [-0.2, -0.15) is 0 Å². The number of hydrogen-bond donors (Lipinski definition) is 0. The van der Waals surface area contributed by atoms with E-state index in [1.54, 1.807) is 21.6 Å². The van der Waals surface area contributed by atoms with E-state index in [1.165, 1.54) is 11.3 Å². The summed E-state index contributed by atoms with van der Waals surface area (Å²) in [7, 11) is -3.02. The van der Waals surface area contributed by atoms with Crippen LogP contribution in [0.15, 0.2) is 22.9 Å². The standard InChI is InChI=1S/C16H20N2O3S3/c1-2-3-7-18(12-6-9-24(20,21)11-12)16(19)13-10-23-15(17-13)14-5-4-8-22-14/h4-5,8,10,12H,2-3,6-7,9,11H2,1H3. The fourth-order valence-corrected chi connectivity index (χ4v) is 6.17. The number of amides is 1. The zero-order valence-electron chi connectivity index (χ0n) is 13.5. The Morgan fingerprint density at radius 3 is 2.88 bits per heavy atom. The van der Waals surface area contributed by atoms with Gasteiger partial charge in [-0.15, -0.1) is 22.7 Å². The highest BCUT2D eigenvalue weighted by Crippen LogP contribution is 2.29. The summed E-state index contributed by atoms with van der Waals surface area (Å²) < 4.78 is 23.6. The number of rotatable bonds is 6. The van der Waals surface area contributed by atoms with Gasteiger partial charge in [-0.1, -0.05) is 19.4 Å². The van der Waals surface area contributed by atoms with Crippen molar-refractivity contribution in [2.24, 2.45) is 0 Å². The molecule has 0 aromatic carbocycles. The first-order valence-electron chi connectivity index (χ1n) is 8.01. The smallest absolute Gasteiger partial charge is 0.273 e. The van der Waals surface area contributed by atoms with Crippen LogP contribution in [0, 0.1) is 0 Å². The number of nitrogens with zero attached hydrogens (tertiary/aromatic N) is 2. The number of aromatic nitrogens is 1. The van der Waals surface area contributed by atoms with E-state index in [-0.39, 0.29) is 23.5 Å². The lowest BCUT2D eigenvalue weighted by Crippen LogP contribution is -2.42. The first-order chi connectivity index (χ1) is 11.5. The summed E-state index contributed by atoms with van der Waals surface area (Å²) in [4.78, 5) is 20.2. The number of carbonyl (C=O) groups is 1. The second-order valence-corrected chi connectivity index (χ2v) is 9.96. The molecule has 5 nitrogen and oxygen atoms in total. The van der Waals surface area contributed by atoms with Crippen LogP contribution < -0.4 is 0 Å². The second-order valence-electron chi connectivity index (χ2n) is 5.92. The molecule has 2 aromatic heterocycles. The Bertz CT molecular complexity index is 796. The topological polar surface area (TPSA) is 67.3 Å². The lowest BCUT2D eigenvalue weighted by molar-refractivity contribution is 0.0689. The van der Waals surface area contributed by atoms with E-state index < -0.39 is 9.84 Å². The molecule has 1 unspecified atom stereocenters. The van der Waals surface area contributed by atoms with Crippen molar-refractivity contribution >= 4 is 38.4 Å². The molecular formula is C16H20N2O3S3. The summed E-state index contributed by atoms with van der Waals surface area (Å²) in [6.07, 6.45) is 2.35. The van der Waals surface area contributed by atoms with E-state index in [0.717, 1.165) is 22.7 Å². The Kier molecular flexibility index (Phi) is 5.36. The van der Waals surface area contributed by atoms with Crippen LogP contribution in [0.1, 0.15) is 36.7 Å². The maximum Gasteiger partial charge on any atom is 0.273 e. The summed E-state index contributed by atoms with van der Waals surface area (Å²) in [6.45, 7) is 2.65. The number of thiazole rings is 1. The molecule has 1 aliphatic heterocycles. The van der Waals surface area contributed by atoms with Crippen molar-refractivity contribution in [1.82, 2.24) is 9.88 Å². The maximum absolute atomic E-state index is 12.9. The highest BCUT2D eigenvalue weighted by Gasteiger charge is 2.35. The molecule has 1 fully saturated rings. The van der Waals surface area contributed by atoms with Crippen LogP contribution in [-0.2, 0) is 9.84 Å². The molecule has 1 amide bonds. The monoisotopic (exact) mass is 384 g/mol. The highest BCUT2D eigenvalue weighted by atomic mass is 32.2. The van der Waals surface area contributed by atoms with Crippen molar-refractivity contribution < 1.29 is 13.2 Å². The van der Waals surface area contributed by atoms with Crippen molar-refractivity contribution in [3.63, 3.8) is 0 Å². The van der Waals surface area contributed by atoms with Crippen molar-refractivity contribution in [3.05, 3.63) is 28.6 Å². The molecule has 0 bridgehead atoms. The number of carbonyl (C=O) groups excluding carboxylic acids is 1. The summed E-state index contributed by atoms with van der Waals surface area (Å²) in [5.74, 6) is 0.0970. The van der Waals surface area contributed by atoms with Crippen LogP contribution in [0.25, 0.3) is 9.88 Å². The lowest BCUT2D eigenvalue weighted by Gasteiger charge is -2.27. The molecule has 1 saturated heterocycles. The molecule has 0 aliphatic carbocycles. The number of unbranched alkanes of at least 4 members (excludes halogenated alkanes) is 1. The Morgan fingerprint density at radius 2 is 2.25 bits per heavy atom. The third kappa shape index (κ3) is 3.87. The minimum Gasteiger partial charge on any atom is -0.333 e. The van der Waals surface area contributed by atoms with Crippen LogP contribution >= 0.6 is 22.7 Å². The van der Waals surface area contributed by atoms with Gasteiger partial charge in [-0.25, -0.2) is 13.4 Å². The summed E-state index contributed by atoms with van der Waals surface area (Å²) in [5.41, 5.74) is 0.420. The maximum atomic E-state index is 12.9. The summed E-state index contributed by atoms with van der Waals surface area (Å²) in [5, 5.41) is 4.59. The first-order valence-corrected chi connectivity index (χ1v) is 11.6. The van der Waals surface area contributed by atoms with Gasteiger partial charge in [0.25, 0.3) is 5.91 Å². The number of thiophene rings is 1. The van der Waals surface area contributed by atoms with Gasteiger partial charge >= 0.3 is 0 Å². The zero-order valence-corrected chi connectivity index (χ0v) is 15.9. The van der Waals surface area contributed by atoms with E-state index in [1.807, 2.05) is 17.5 Å². The fraction of sp³-hybridized carbons (Fsp3) is 0.500. The molecule has 1 atom stereocenters. The predicted octanol–water partition coefficient (Wildman–Crippen LogP) is 3.30. The average Bonchev–Trinajstić information content (AvgIpc) is 3.26. The summed E-state index contributed by atoms with van der Waals surface area (Å²) >= 11 is 3.04. The quantitative estimate of drug-likeness (QED) is 0.766. The van der Waals surface area contributed by atoms with E-state index in [4.69, 9.17) is 0 Å². The molecular weight excluding hydrogens is 364 g/mol. The van der Waals surface area contributed by atoms with Crippen LogP contribution in [0.4, 0.5) is 0 Å². The third-order valence-corrected chi connectivity index (χ3v) is 7.75. The normalized spacial score (nSPS) is 19.5. The molecule has 3 rings (SSSR count). The highest BCUT2D eigenvalue weighted by molar-refractivity contribution is 7.91. The zero-order chi connectivity index (χ0) is 17.2. The third-order valence-electron chi connectivity index (χ3n) is 4.12. The minimum atomic E-state index is -3.02. The van der Waals surface area contributed by atoms with Crippen LogP contribution in [0.3, 0.4) is 0 Å². The Balaban J connectivity index is 1.81. The minimum absolute atomic E-state index is 0.0738. The van der Waals surface area contributed by atoms with Gasteiger partial charge in [-0.3, -0.25) is 4.79 Å². The Labute approximate surface area is 150 Å². The molecule has 0 radical (unpaired) electrons. The Morgan fingerprint density at radius 1 is 1.42 bits per heavy atom. The molecule has 1 aliphatic rings. The average molecular weight is 385 g/mol. The molecule has 0 spiro atoms. The molecule has 3 heterocycles. The second kappa shape index (κ2) is 7.33. The van der Waals surface area contributed by atoms with Crippen LogP contribution in [0.2, 0.25) is 0 Å². The molecule has 130 valence electrons. The van der Waals surface area contributed by atoms with Gasteiger partial charge in [0.1, 0.15) is 10.7 Å². The van der Waals surface area contributed by atoms with Crippen molar-refractivity contribution in [2.75, 3.05) is 18.1 Å². The van der Waals surface area contributed by atoms with E-state index in [0.29, 0.717) is 18.7 Å². The molecule has 0 N–H and O–H groups in total. The molecule has 24 heavy (non-hydrogen) atoms.